The molecule has 1 aromatic rings. The Morgan fingerprint density at radius 3 is 2.25 bits per heavy atom. The molecule has 158 valence electrons. The molecule has 0 saturated carbocycles. The molecule has 0 N–H and O–H groups in total. The number of piperidine rings is 1. The van der Waals surface area contributed by atoms with E-state index in [4.69, 9.17) is 19.0 Å². The summed E-state index contributed by atoms with van der Waals surface area (Å²) in [5, 5.41) is 6.18. The Kier molecular flexibility index (Phi) is 5.51. The van der Waals surface area contributed by atoms with Crippen LogP contribution in [0.25, 0.3) is 0 Å². The number of carbonyl (C=O) groups is 1. The van der Waals surface area contributed by atoms with E-state index in [1.165, 1.54) is 0 Å². The van der Waals surface area contributed by atoms with Crippen molar-refractivity contribution >= 4 is 6.16 Å². The molecule has 2 saturated heterocycles. The van der Waals surface area contributed by atoms with Crippen LogP contribution in [0, 0.1) is 0 Å². The number of ether oxygens (including phenoxy) is 3. The highest BCUT2D eigenvalue weighted by Crippen LogP contribution is 2.44. The predicted octanol–water partition coefficient (Wildman–Crippen LogP) is 3.99. The smallest absolute Gasteiger partial charge is 0.427 e. The number of hydrogen-bond acceptors (Lipinski definition) is 7. The van der Waals surface area contributed by atoms with Crippen LogP contribution in [0.3, 0.4) is 0 Å². The molecule has 28 heavy (non-hydrogen) atoms. The fourth-order valence-corrected chi connectivity index (χ4v) is 3.23. The Morgan fingerprint density at radius 1 is 1.14 bits per heavy atom. The molecule has 0 amide bonds. The topological polar surface area (TPSA) is 75.1 Å². The van der Waals surface area contributed by atoms with Gasteiger partial charge in [0, 0.05) is 24.8 Å². The minimum atomic E-state index is -0.659. The zero-order valence-electron chi connectivity index (χ0n) is 18.0. The average molecular weight is 396 g/mol. The maximum absolute atomic E-state index is 11.8. The van der Waals surface area contributed by atoms with Gasteiger partial charge in [0.1, 0.15) is 5.60 Å². The fraction of sp³-hybridized carbons (Fsp3) is 0.800. The molecule has 2 aliphatic rings. The lowest BCUT2D eigenvalue weighted by atomic mass is 9.90. The van der Waals surface area contributed by atoms with Gasteiger partial charge in [0.2, 0.25) is 0 Å². The largest absolute Gasteiger partial charge is 0.528 e. The molecule has 0 unspecified atom stereocenters. The molecule has 2 fully saturated rings. The number of nitrogens with zero attached hydrogens (tertiary/aromatic N) is 3. The Morgan fingerprint density at radius 2 is 1.71 bits per heavy atom. The Labute approximate surface area is 167 Å². The summed E-state index contributed by atoms with van der Waals surface area (Å²) in [6, 6.07) is 0.245. The molecule has 0 aromatic carbocycles. The van der Waals surface area contributed by atoms with Crippen molar-refractivity contribution in [3.63, 3.8) is 0 Å². The van der Waals surface area contributed by atoms with Gasteiger partial charge in [-0.2, -0.15) is 5.10 Å². The first-order chi connectivity index (χ1) is 12.9. The summed E-state index contributed by atoms with van der Waals surface area (Å²) in [6.07, 6.45) is 4.39. The van der Waals surface area contributed by atoms with E-state index in [9.17, 15) is 4.79 Å². The average Bonchev–Trinajstić information content (AvgIpc) is 3.09. The van der Waals surface area contributed by atoms with Crippen molar-refractivity contribution in [3.8, 4) is 0 Å². The summed E-state index contributed by atoms with van der Waals surface area (Å²) in [4.78, 5) is 17.1. The fourth-order valence-electron chi connectivity index (χ4n) is 3.23. The Balaban J connectivity index is 1.53. The van der Waals surface area contributed by atoms with Gasteiger partial charge in [0.25, 0.3) is 0 Å². The predicted molar refractivity (Wildman–Crippen MR) is 102 cm³/mol. The first kappa shape index (κ1) is 21.1. The lowest BCUT2D eigenvalue weighted by molar-refractivity contribution is -0.154. The van der Waals surface area contributed by atoms with Gasteiger partial charge in [0.05, 0.1) is 23.4 Å². The third kappa shape index (κ3) is 4.67. The lowest BCUT2D eigenvalue weighted by Crippen LogP contribution is -2.41. The maximum atomic E-state index is 11.8. The van der Waals surface area contributed by atoms with E-state index in [1.54, 1.807) is 5.06 Å². The second-order valence-corrected chi connectivity index (χ2v) is 9.56. The summed E-state index contributed by atoms with van der Waals surface area (Å²) in [7, 11) is 0. The normalized spacial score (nSPS) is 23.7. The molecule has 0 aliphatic carbocycles. The molecule has 3 heterocycles. The molecule has 0 atom stereocenters. The first-order valence-electron chi connectivity index (χ1n) is 9.92. The van der Waals surface area contributed by atoms with Crippen LogP contribution in [-0.4, -0.2) is 50.9 Å². The summed E-state index contributed by atoms with van der Waals surface area (Å²) in [5.41, 5.74) is -0.381. The van der Waals surface area contributed by atoms with Crippen LogP contribution in [-0.2, 0) is 19.0 Å². The number of hydrogen-bond donors (Lipinski definition) is 0. The van der Waals surface area contributed by atoms with E-state index in [0.717, 1.165) is 18.4 Å². The van der Waals surface area contributed by atoms with Gasteiger partial charge in [-0.15, -0.1) is 5.06 Å². The number of rotatable bonds is 3. The van der Waals surface area contributed by atoms with E-state index in [0.29, 0.717) is 13.1 Å². The Bertz CT molecular complexity index is 683. The second-order valence-electron chi connectivity index (χ2n) is 9.56. The van der Waals surface area contributed by atoms with Gasteiger partial charge in [0.15, 0.2) is 6.29 Å². The minimum Gasteiger partial charge on any atom is -0.427 e. The van der Waals surface area contributed by atoms with Gasteiger partial charge < -0.3 is 19.0 Å². The van der Waals surface area contributed by atoms with Gasteiger partial charge in [-0.25, -0.2) is 4.79 Å². The molecular formula is C20H33N3O5. The minimum absolute atomic E-state index is 0.245. The van der Waals surface area contributed by atoms with Crippen LogP contribution < -0.4 is 0 Å². The summed E-state index contributed by atoms with van der Waals surface area (Å²) in [5.74, 6) is 0. The van der Waals surface area contributed by atoms with Crippen LogP contribution >= 0.6 is 0 Å². The van der Waals surface area contributed by atoms with E-state index < -0.39 is 18.0 Å². The summed E-state index contributed by atoms with van der Waals surface area (Å²) >= 11 is 0. The quantitative estimate of drug-likeness (QED) is 0.716. The van der Waals surface area contributed by atoms with Crippen LogP contribution in [0.5, 0.6) is 0 Å². The molecule has 8 nitrogen and oxygen atoms in total. The van der Waals surface area contributed by atoms with Crippen LogP contribution in [0.4, 0.5) is 4.79 Å². The standard InChI is InChI=1S/C20H33N3O5/c1-18(2,3)27-17(24)28-22-10-8-15(9-11-22)23-13-14(12-21-23)16-25-19(4,5)20(6,7)26-16/h12-13,15-16H,8-11H2,1-7H3. The highest BCUT2D eigenvalue weighted by Gasteiger charge is 2.49. The van der Waals surface area contributed by atoms with E-state index in [2.05, 4.69) is 5.10 Å². The van der Waals surface area contributed by atoms with Crippen molar-refractivity contribution < 1.29 is 23.8 Å². The number of aromatic nitrogens is 2. The number of carbonyl (C=O) groups excluding carboxylic acids is 1. The molecular weight excluding hydrogens is 362 g/mol. The van der Waals surface area contributed by atoms with E-state index in [-0.39, 0.29) is 17.2 Å². The van der Waals surface area contributed by atoms with E-state index >= 15 is 0 Å². The lowest BCUT2D eigenvalue weighted by Gasteiger charge is -2.31. The second kappa shape index (κ2) is 7.31. The highest BCUT2D eigenvalue weighted by atomic mass is 16.8. The van der Waals surface area contributed by atoms with Crippen LogP contribution in [0.15, 0.2) is 12.4 Å². The van der Waals surface area contributed by atoms with Gasteiger partial charge in [-0.3, -0.25) is 4.68 Å². The molecule has 0 bridgehead atoms. The van der Waals surface area contributed by atoms with Crippen LogP contribution in [0.2, 0.25) is 0 Å². The molecule has 1 aromatic heterocycles. The van der Waals surface area contributed by atoms with Crippen molar-refractivity contribution in [1.82, 2.24) is 14.8 Å². The highest BCUT2D eigenvalue weighted by molar-refractivity contribution is 5.60. The molecule has 0 spiro atoms. The molecule has 8 heteroatoms. The van der Waals surface area contributed by atoms with Gasteiger partial charge in [-0.1, -0.05) is 0 Å². The summed E-state index contributed by atoms with van der Waals surface area (Å²) in [6.45, 7) is 14.9. The van der Waals surface area contributed by atoms with Crippen molar-refractivity contribution in [2.45, 2.75) is 90.4 Å². The van der Waals surface area contributed by atoms with E-state index in [1.807, 2.05) is 65.5 Å². The molecule has 0 radical (unpaired) electrons. The monoisotopic (exact) mass is 395 g/mol. The van der Waals surface area contributed by atoms with Crippen molar-refractivity contribution in [3.05, 3.63) is 18.0 Å². The van der Waals surface area contributed by atoms with Gasteiger partial charge >= 0.3 is 6.16 Å². The maximum Gasteiger partial charge on any atom is 0.528 e. The number of hydroxylamine groups is 2. The van der Waals surface area contributed by atoms with Crippen molar-refractivity contribution in [2.24, 2.45) is 0 Å². The third-order valence-corrected chi connectivity index (χ3v) is 5.54. The zero-order valence-corrected chi connectivity index (χ0v) is 18.0. The zero-order chi connectivity index (χ0) is 20.7. The third-order valence-electron chi connectivity index (χ3n) is 5.54. The summed E-state index contributed by atoms with van der Waals surface area (Å²) < 4.78 is 19.4. The molecule has 2 aliphatic heterocycles. The van der Waals surface area contributed by atoms with Crippen LogP contribution in [0.1, 0.15) is 79.2 Å². The van der Waals surface area contributed by atoms with Gasteiger partial charge in [-0.05, 0) is 61.3 Å². The first-order valence-corrected chi connectivity index (χ1v) is 9.92. The van der Waals surface area contributed by atoms with Crippen molar-refractivity contribution in [1.29, 1.82) is 0 Å². The molecule has 3 rings (SSSR count). The Hall–Kier alpha value is -1.64. The SMILES string of the molecule is CC(C)(C)OC(=O)ON1CCC(n2cc(C3OC(C)(C)C(C)(C)O3)cn2)CC1. The van der Waals surface area contributed by atoms with Crippen molar-refractivity contribution in [2.75, 3.05) is 13.1 Å².